The number of Topliss-reactive ketones (excluding diaryl/α,β-unsaturated/α-hetero) is 1. The molecule has 0 radical (unpaired) electrons. The normalized spacial score (nSPS) is 46.1. The van der Waals surface area contributed by atoms with Gasteiger partial charge in [0.2, 0.25) is 0 Å². The van der Waals surface area contributed by atoms with Crippen molar-refractivity contribution in [3.8, 4) is 0 Å². The van der Waals surface area contributed by atoms with E-state index in [4.69, 9.17) is 0 Å². The molecule has 0 aromatic rings. The Balaban J connectivity index is 2.07. The van der Waals surface area contributed by atoms with Gasteiger partial charge in [0.15, 0.2) is 0 Å². The number of fused-ring (bicyclic) bond motifs is 5. The molecular formula is C15H22O. The largest absolute Gasteiger partial charge is 0.299 e. The topological polar surface area (TPSA) is 17.1 Å². The highest BCUT2D eigenvalue weighted by Crippen LogP contribution is 2.59. The molecule has 4 unspecified atom stereocenters. The maximum atomic E-state index is 11.9. The molecule has 0 spiro atoms. The Morgan fingerprint density at radius 1 is 1.31 bits per heavy atom. The highest BCUT2D eigenvalue weighted by molar-refractivity contribution is 5.85. The fourth-order valence-electron chi connectivity index (χ4n) is 4.59. The van der Waals surface area contributed by atoms with Crippen molar-refractivity contribution >= 4 is 5.78 Å². The smallest absolute Gasteiger partial charge is 0.139 e. The van der Waals surface area contributed by atoms with Crippen LogP contribution in [0, 0.1) is 23.2 Å². The van der Waals surface area contributed by atoms with Crippen molar-refractivity contribution in [3.63, 3.8) is 0 Å². The molecule has 0 amide bonds. The predicted octanol–water partition coefficient (Wildman–Crippen LogP) is 3.74. The van der Waals surface area contributed by atoms with E-state index in [1.807, 2.05) is 0 Å². The molecule has 0 aliphatic heterocycles. The third-order valence-electron chi connectivity index (χ3n) is 5.87. The van der Waals surface area contributed by atoms with Crippen LogP contribution in [0.25, 0.3) is 0 Å². The van der Waals surface area contributed by atoms with E-state index in [0.29, 0.717) is 5.78 Å². The molecule has 0 aromatic heterocycles. The van der Waals surface area contributed by atoms with Crippen LogP contribution in [-0.4, -0.2) is 5.78 Å². The van der Waals surface area contributed by atoms with Gasteiger partial charge in [0.1, 0.15) is 5.78 Å². The van der Waals surface area contributed by atoms with Crippen molar-refractivity contribution in [1.29, 1.82) is 0 Å². The van der Waals surface area contributed by atoms with Crippen molar-refractivity contribution < 1.29 is 4.79 Å². The van der Waals surface area contributed by atoms with Gasteiger partial charge >= 0.3 is 0 Å². The molecular weight excluding hydrogens is 196 g/mol. The molecule has 0 saturated heterocycles. The third kappa shape index (κ3) is 1.15. The van der Waals surface area contributed by atoms with Gasteiger partial charge in [-0.25, -0.2) is 0 Å². The molecule has 3 aliphatic carbocycles. The van der Waals surface area contributed by atoms with Crippen LogP contribution in [0.2, 0.25) is 0 Å². The summed E-state index contributed by atoms with van der Waals surface area (Å²) in [5.41, 5.74) is 3.03. The fourth-order valence-corrected chi connectivity index (χ4v) is 4.59. The van der Waals surface area contributed by atoms with Crippen LogP contribution >= 0.6 is 0 Å². The summed E-state index contributed by atoms with van der Waals surface area (Å²) in [7, 11) is 0. The summed E-state index contributed by atoms with van der Waals surface area (Å²) in [5, 5.41) is 0. The van der Waals surface area contributed by atoms with E-state index < -0.39 is 0 Å². The predicted molar refractivity (Wildman–Crippen MR) is 65.0 cm³/mol. The van der Waals surface area contributed by atoms with E-state index in [2.05, 4.69) is 13.8 Å². The standard InChI is InChI=1S/C15H22O/c1-9-14-12-5-4-11(8-12)13(14)6-7-15(9,3)10(2)16/h11-13H,4-8H2,1-3H3. The van der Waals surface area contributed by atoms with Gasteiger partial charge in [0, 0.05) is 5.41 Å². The van der Waals surface area contributed by atoms with Crippen molar-refractivity contribution in [2.24, 2.45) is 23.2 Å². The number of hydrogen-bond donors (Lipinski definition) is 0. The van der Waals surface area contributed by atoms with Crippen molar-refractivity contribution in [2.45, 2.75) is 52.9 Å². The van der Waals surface area contributed by atoms with Gasteiger partial charge in [-0.1, -0.05) is 11.1 Å². The van der Waals surface area contributed by atoms with E-state index in [1.165, 1.54) is 31.3 Å². The first kappa shape index (κ1) is 10.6. The summed E-state index contributed by atoms with van der Waals surface area (Å²) in [4.78, 5) is 11.9. The number of allylic oxidation sites excluding steroid dienone is 2. The second kappa shape index (κ2) is 3.21. The summed E-state index contributed by atoms with van der Waals surface area (Å²) in [6, 6.07) is 0. The zero-order valence-corrected chi connectivity index (χ0v) is 10.7. The molecule has 0 aromatic carbocycles. The van der Waals surface area contributed by atoms with E-state index in [-0.39, 0.29) is 5.41 Å². The second-order valence-electron chi connectivity index (χ2n) is 6.38. The number of carbonyl (C=O) groups excluding carboxylic acids is 1. The Kier molecular flexibility index (Phi) is 2.12. The van der Waals surface area contributed by atoms with Crippen LogP contribution in [0.4, 0.5) is 0 Å². The molecule has 88 valence electrons. The van der Waals surface area contributed by atoms with Crippen LogP contribution in [0.1, 0.15) is 52.9 Å². The minimum atomic E-state index is -0.129. The van der Waals surface area contributed by atoms with Gasteiger partial charge in [-0.15, -0.1) is 0 Å². The first-order valence-corrected chi connectivity index (χ1v) is 6.76. The number of hydrogen-bond acceptors (Lipinski definition) is 1. The quantitative estimate of drug-likeness (QED) is 0.613. The summed E-state index contributed by atoms with van der Waals surface area (Å²) < 4.78 is 0. The summed E-state index contributed by atoms with van der Waals surface area (Å²) in [6.45, 7) is 6.18. The molecule has 2 saturated carbocycles. The lowest BCUT2D eigenvalue weighted by molar-refractivity contribution is -0.124. The Labute approximate surface area is 98.3 Å². The van der Waals surface area contributed by atoms with Gasteiger partial charge in [-0.3, -0.25) is 4.79 Å². The minimum absolute atomic E-state index is 0.129. The van der Waals surface area contributed by atoms with E-state index in [1.54, 1.807) is 12.5 Å². The van der Waals surface area contributed by atoms with Crippen LogP contribution in [0.3, 0.4) is 0 Å². The second-order valence-corrected chi connectivity index (χ2v) is 6.38. The van der Waals surface area contributed by atoms with Gasteiger partial charge in [0.05, 0.1) is 0 Å². The van der Waals surface area contributed by atoms with Crippen LogP contribution in [0.5, 0.6) is 0 Å². The molecule has 0 heterocycles. The highest BCUT2D eigenvalue weighted by atomic mass is 16.1. The molecule has 2 bridgehead atoms. The van der Waals surface area contributed by atoms with Crippen molar-refractivity contribution in [2.75, 3.05) is 0 Å². The van der Waals surface area contributed by atoms with Gasteiger partial charge in [0.25, 0.3) is 0 Å². The maximum absolute atomic E-state index is 11.9. The summed E-state index contributed by atoms with van der Waals surface area (Å²) >= 11 is 0. The monoisotopic (exact) mass is 218 g/mol. The molecule has 1 heteroatoms. The van der Waals surface area contributed by atoms with Crippen LogP contribution in [0.15, 0.2) is 11.1 Å². The Morgan fingerprint density at radius 3 is 2.75 bits per heavy atom. The molecule has 1 nitrogen and oxygen atoms in total. The Bertz CT molecular complexity index is 379. The van der Waals surface area contributed by atoms with E-state index in [9.17, 15) is 4.79 Å². The number of carbonyl (C=O) groups is 1. The summed E-state index contributed by atoms with van der Waals surface area (Å²) in [5.74, 6) is 3.03. The van der Waals surface area contributed by atoms with Gasteiger partial charge < -0.3 is 0 Å². The van der Waals surface area contributed by atoms with Gasteiger partial charge in [-0.2, -0.15) is 0 Å². The summed E-state index contributed by atoms with van der Waals surface area (Å²) in [6.07, 6.45) is 6.62. The molecule has 3 aliphatic rings. The van der Waals surface area contributed by atoms with E-state index in [0.717, 1.165) is 24.2 Å². The zero-order chi connectivity index (χ0) is 11.5. The molecule has 3 rings (SSSR count). The minimum Gasteiger partial charge on any atom is -0.299 e. The number of ketones is 1. The highest BCUT2D eigenvalue weighted by Gasteiger charge is 2.50. The molecule has 4 atom stereocenters. The molecule has 0 N–H and O–H groups in total. The average Bonchev–Trinajstić information content (AvgIpc) is 2.83. The Hall–Kier alpha value is -0.590. The Morgan fingerprint density at radius 2 is 2.06 bits per heavy atom. The van der Waals surface area contributed by atoms with Crippen molar-refractivity contribution in [3.05, 3.63) is 11.1 Å². The SMILES string of the molecule is CC(=O)C1(C)CCC2C(=C1C)C1CCC2C1. The molecule has 16 heavy (non-hydrogen) atoms. The van der Waals surface area contributed by atoms with E-state index >= 15 is 0 Å². The first-order chi connectivity index (χ1) is 7.54. The zero-order valence-electron chi connectivity index (χ0n) is 10.7. The van der Waals surface area contributed by atoms with Gasteiger partial charge in [-0.05, 0) is 70.6 Å². The lowest BCUT2D eigenvalue weighted by Gasteiger charge is -2.40. The lowest BCUT2D eigenvalue weighted by atomic mass is 9.63. The fraction of sp³-hybridized carbons (Fsp3) is 0.800. The lowest BCUT2D eigenvalue weighted by Crippen LogP contribution is -2.35. The first-order valence-electron chi connectivity index (χ1n) is 6.76. The van der Waals surface area contributed by atoms with Crippen LogP contribution < -0.4 is 0 Å². The third-order valence-corrected chi connectivity index (χ3v) is 5.87. The number of rotatable bonds is 1. The maximum Gasteiger partial charge on any atom is 0.139 e. The van der Waals surface area contributed by atoms with Crippen LogP contribution in [-0.2, 0) is 4.79 Å². The van der Waals surface area contributed by atoms with Crippen molar-refractivity contribution in [1.82, 2.24) is 0 Å². The molecule has 2 fully saturated rings. The average molecular weight is 218 g/mol.